The van der Waals surface area contributed by atoms with Crippen LogP contribution in [0.4, 0.5) is 0 Å². The van der Waals surface area contributed by atoms with Crippen LogP contribution in [0.2, 0.25) is 0 Å². The summed E-state index contributed by atoms with van der Waals surface area (Å²) < 4.78 is 0. The molecular formula is C10H16N2OS. The van der Waals surface area contributed by atoms with Crippen LogP contribution in [0.3, 0.4) is 0 Å². The average molecular weight is 212 g/mol. The summed E-state index contributed by atoms with van der Waals surface area (Å²) in [5.74, 6) is -0.226. The fraction of sp³-hybridized carbons (Fsp3) is 0.500. The summed E-state index contributed by atoms with van der Waals surface area (Å²) in [5, 5.41) is 5.41. The third-order valence-electron chi connectivity index (χ3n) is 2.02. The Kier molecular flexibility index (Phi) is 4.62. The molecule has 0 aliphatic carbocycles. The van der Waals surface area contributed by atoms with Crippen LogP contribution < -0.4 is 11.1 Å². The van der Waals surface area contributed by atoms with Crippen molar-refractivity contribution in [2.24, 2.45) is 5.73 Å². The molecule has 0 spiro atoms. The van der Waals surface area contributed by atoms with Gasteiger partial charge in [0.1, 0.15) is 0 Å². The second kappa shape index (κ2) is 5.78. The van der Waals surface area contributed by atoms with E-state index >= 15 is 0 Å². The van der Waals surface area contributed by atoms with Gasteiger partial charge in [-0.15, -0.1) is 11.3 Å². The van der Waals surface area contributed by atoms with E-state index in [-0.39, 0.29) is 5.91 Å². The second-order valence-electron chi connectivity index (χ2n) is 3.26. The average Bonchev–Trinajstić information content (AvgIpc) is 2.64. The molecule has 14 heavy (non-hydrogen) atoms. The number of nitrogens with two attached hydrogens (primary N) is 1. The van der Waals surface area contributed by atoms with Crippen LogP contribution in [0.1, 0.15) is 30.7 Å². The van der Waals surface area contributed by atoms with Crippen LogP contribution in [0.15, 0.2) is 17.5 Å². The molecule has 0 aliphatic rings. The van der Waals surface area contributed by atoms with Crippen molar-refractivity contribution in [1.82, 2.24) is 5.32 Å². The quantitative estimate of drug-likeness (QED) is 0.705. The largest absolute Gasteiger partial charge is 0.370 e. The van der Waals surface area contributed by atoms with Crippen molar-refractivity contribution in [1.29, 1.82) is 0 Å². The van der Waals surface area contributed by atoms with Crippen molar-refractivity contribution in [2.75, 3.05) is 6.54 Å². The van der Waals surface area contributed by atoms with Gasteiger partial charge in [0, 0.05) is 17.3 Å². The molecule has 1 aromatic rings. The number of hydrogen-bond acceptors (Lipinski definition) is 3. The molecule has 0 fully saturated rings. The predicted molar refractivity (Wildman–Crippen MR) is 59.2 cm³/mol. The number of nitrogens with one attached hydrogen (secondary N) is 1. The van der Waals surface area contributed by atoms with Crippen LogP contribution in [0, 0.1) is 0 Å². The third kappa shape index (κ3) is 3.89. The summed E-state index contributed by atoms with van der Waals surface area (Å²) >= 11 is 1.74. The van der Waals surface area contributed by atoms with Gasteiger partial charge in [0.05, 0.1) is 0 Å². The Morgan fingerprint density at radius 1 is 1.71 bits per heavy atom. The number of carbonyl (C=O) groups is 1. The van der Waals surface area contributed by atoms with Crippen molar-refractivity contribution >= 4 is 17.2 Å². The molecule has 3 N–H and O–H groups in total. The molecule has 1 aromatic heterocycles. The van der Waals surface area contributed by atoms with Crippen LogP contribution in [0.5, 0.6) is 0 Å². The fourth-order valence-corrected chi connectivity index (χ4v) is 1.98. The maximum absolute atomic E-state index is 10.5. The molecule has 1 atom stereocenters. The molecule has 0 aromatic carbocycles. The van der Waals surface area contributed by atoms with Crippen LogP contribution >= 0.6 is 11.3 Å². The highest BCUT2D eigenvalue weighted by atomic mass is 32.1. The molecule has 0 bridgehead atoms. The molecule has 0 radical (unpaired) electrons. The van der Waals surface area contributed by atoms with Gasteiger partial charge in [-0.1, -0.05) is 6.07 Å². The van der Waals surface area contributed by atoms with Gasteiger partial charge >= 0.3 is 0 Å². The molecule has 78 valence electrons. The van der Waals surface area contributed by atoms with E-state index in [4.69, 9.17) is 5.73 Å². The van der Waals surface area contributed by atoms with E-state index in [9.17, 15) is 4.79 Å². The minimum Gasteiger partial charge on any atom is -0.370 e. The summed E-state index contributed by atoms with van der Waals surface area (Å²) in [6.45, 7) is 2.96. The number of thiophene rings is 1. The zero-order valence-corrected chi connectivity index (χ0v) is 9.14. The van der Waals surface area contributed by atoms with Gasteiger partial charge in [-0.25, -0.2) is 0 Å². The lowest BCUT2D eigenvalue weighted by Crippen LogP contribution is -2.21. The van der Waals surface area contributed by atoms with Gasteiger partial charge in [-0.2, -0.15) is 0 Å². The van der Waals surface area contributed by atoms with Crippen LogP contribution in [-0.2, 0) is 4.79 Å². The number of rotatable bonds is 6. The van der Waals surface area contributed by atoms with Crippen LogP contribution in [0.25, 0.3) is 0 Å². The first-order chi connectivity index (χ1) is 6.70. The summed E-state index contributed by atoms with van der Waals surface area (Å²) in [4.78, 5) is 11.8. The van der Waals surface area contributed by atoms with E-state index in [0.717, 1.165) is 13.0 Å². The Labute approximate surface area is 88.3 Å². The lowest BCUT2D eigenvalue weighted by molar-refractivity contribution is -0.118. The van der Waals surface area contributed by atoms with Crippen LogP contribution in [-0.4, -0.2) is 12.5 Å². The maximum atomic E-state index is 10.5. The van der Waals surface area contributed by atoms with Crippen molar-refractivity contribution < 1.29 is 4.79 Å². The van der Waals surface area contributed by atoms with Crippen molar-refractivity contribution in [3.05, 3.63) is 22.4 Å². The minimum absolute atomic E-state index is 0.226. The lowest BCUT2D eigenvalue weighted by Gasteiger charge is -2.10. The molecular weight excluding hydrogens is 196 g/mol. The van der Waals surface area contributed by atoms with Gasteiger partial charge in [-0.3, -0.25) is 4.79 Å². The highest BCUT2D eigenvalue weighted by Gasteiger charge is 2.04. The topological polar surface area (TPSA) is 55.1 Å². The smallest absolute Gasteiger partial charge is 0.217 e. The van der Waals surface area contributed by atoms with Gasteiger partial charge < -0.3 is 11.1 Å². The first-order valence-electron chi connectivity index (χ1n) is 4.75. The summed E-state index contributed by atoms with van der Waals surface area (Å²) in [5.41, 5.74) is 5.04. The van der Waals surface area contributed by atoms with E-state index in [1.807, 2.05) is 6.07 Å². The molecule has 0 saturated heterocycles. The molecule has 0 aliphatic heterocycles. The summed E-state index contributed by atoms with van der Waals surface area (Å²) in [7, 11) is 0. The maximum Gasteiger partial charge on any atom is 0.217 e. The van der Waals surface area contributed by atoms with Crippen molar-refractivity contribution in [3.8, 4) is 0 Å². The summed E-state index contributed by atoms with van der Waals surface area (Å²) in [6, 6.07) is 4.51. The lowest BCUT2D eigenvalue weighted by atomic mass is 10.2. The molecule has 1 heterocycles. The SMILES string of the molecule is CC(NCCCC(N)=O)c1cccs1. The molecule has 3 nitrogen and oxygen atoms in total. The number of primary amides is 1. The standard InChI is InChI=1S/C10H16N2OS/c1-8(9-4-3-7-14-9)12-6-2-5-10(11)13/h3-4,7-8,12H,2,5-6H2,1H3,(H2,11,13). The van der Waals surface area contributed by atoms with E-state index in [0.29, 0.717) is 12.5 Å². The number of amides is 1. The fourth-order valence-electron chi connectivity index (χ4n) is 1.22. The summed E-state index contributed by atoms with van der Waals surface area (Å²) in [6.07, 6.45) is 1.27. The Morgan fingerprint density at radius 3 is 3.07 bits per heavy atom. The Balaban J connectivity index is 2.16. The van der Waals surface area contributed by atoms with E-state index in [1.54, 1.807) is 11.3 Å². The van der Waals surface area contributed by atoms with Crippen molar-refractivity contribution in [2.45, 2.75) is 25.8 Å². The minimum atomic E-state index is -0.226. The first kappa shape index (κ1) is 11.2. The Bertz CT molecular complexity index is 272. The van der Waals surface area contributed by atoms with Gasteiger partial charge in [-0.05, 0) is 31.3 Å². The highest BCUT2D eigenvalue weighted by Crippen LogP contribution is 2.17. The predicted octanol–water partition coefficient (Wildman–Crippen LogP) is 1.66. The Hall–Kier alpha value is -0.870. The second-order valence-corrected chi connectivity index (χ2v) is 4.24. The normalized spacial score (nSPS) is 12.6. The molecule has 4 heteroatoms. The third-order valence-corrected chi connectivity index (χ3v) is 3.08. The van der Waals surface area contributed by atoms with E-state index < -0.39 is 0 Å². The Morgan fingerprint density at radius 2 is 2.50 bits per heavy atom. The molecule has 1 amide bonds. The zero-order chi connectivity index (χ0) is 10.4. The van der Waals surface area contributed by atoms with Gasteiger partial charge in [0.2, 0.25) is 5.91 Å². The van der Waals surface area contributed by atoms with Crippen molar-refractivity contribution in [3.63, 3.8) is 0 Å². The van der Waals surface area contributed by atoms with Gasteiger partial charge in [0.15, 0.2) is 0 Å². The van der Waals surface area contributed by atoms with E-state index in [1.165, 1.54) is 4.88 Å². The molecule has 1 rings (SSSR count). The van der Waals surface area contributed by atoms with E-state index in [2.05, 4.69) is 23.7 Å². The number of hydrogen-bond donors (Lipinski definition) is 2. The molecule has 0 saturated carbocycles. The van der Waals surface area contributed by atoms with Gasteiger partial charge in [0.25, 0.3) is 0 Å². The monoisotopic (exact) mass is 212 g/mol. The highest BCUT2D eigenvalue weighted by molar-refractivity contribution is 7.10. The molecule has 1 unspecified atom stereocenters. The zero-order valence-electron chi connectivity index (χ0n) is 8.32. The first-order valence-corrected chi connectivity index (χ1v) is 5.63. The number of carbonyl (C=O) groups excluding carboxylic acids is 1.